The van der Waals surface area contributed by atoms with Crippen molar-refractivity contribution in [1.29, 1.82) is 0 Å². The molecule has 1 aromatic heterocycles. The summed E-state index contributed by atoms with van der Waals surface area (Å²) in [5.74, 6) is -0.185. The Labute approximate surface area is 130 Å². The van der Waals surface area contributed by atoms with Gasteiger partial charge in [0.15, 0.2) is 0 Å². The topological polar surface area (TPSA) is 54.3 Å². The van der Waals surface area contributed by atoms with Crippen molar-refractivity contribution >= 4 is 5.91 Å². The molecule has 0 saturated carbocycles. The van der Waals surface area contributed by atoms with Gasteiger partial charge in [-0.05, 0) is 31.3 Å². The number of rotatable bonds is 5. The van der Waals surface area contributed by atoms with Gasteiger partial charge in [0.05, 0.1) is 5.56 Å². The van der Waals surface area contributed by atoms with E-state index in [1.807, 2.05) is 32.3 Å². The lowest BCUT2D eigenvalue weighted by atomic mass is 10.1. The molecule has 2 rings (SSSR count). The summed E-state index contributed by atoms with van der Waals surface area (Å²) in [6.07, 6.45) is 1.55. The van der Waals surface area contributed by atoms with Gasteiger partial charge in [0, 0.05) is 32.4 Å². The highest BCUT2D eigenvalue weighted by molar-refractivity contribution is 5.93. The fourth-order valence-corrected chi connectivity index (χ4v) is 2.23. The number of pyridine rings is 1. The normalized spacial score (nSPS) is 10.7. The van der Waals surface area contributed by atoms with Gasteiger partial charge >= 0.3 is 0 Å². The van der Waals surface area contributed by atoms with Crippen molar-refractivity contribution in [1.82, 2.24) is 14.8 Å². The summed E-state index contributed by atoms with van der Waals surface area (Å²) >= 11 is 0. The largest absolute Gasteiger partial charge is 0.348 e. The molecule has 5 nitrogen and oxygen atoms in total. The van der Waals surface area contributed by atoms with E-state index in [4.69, 9.17) is 0 Å². The standard InChI is InChI=1S/C17H21N3O2/c1-19(2)11-14-7-5-4-6-13(14)10-18-17(22)15-8-9-16(21)20(3)12-15/h4-9,12H,10-11H2,1-3H3,(H,18,22). The van der Waals surface area contributed by atoms with E-state index in [9.17, 15) is 9.59 Å². The van der Waals surface area contributed by atoms with Crippen molar-refractivity contribution < 1.29 is 4.79 Å². The zero-order valence-electron chi connectivity index (χ0n) is 13.2. The summed E-state index contributed by atoms with van der Waals surface area (Å²) in [4.78, 5) is 25.6. The van der Waals surface area contributed by atoms with Crippen molar-refractivity contribution in [3.63, 3.8) is 0 Å². The molecule has 0 aliphatic carbocycles. The number of nitrogens with zero attached hydrogens (tertiary/aromatic N) is 2. The van der Waals surface area contributed by atoms with Crippen LogP contribution in [0.3, 0.4) is 0 Å². The highest BCUT2D eigenvalue weighted by atomic mass is 16.2. The van der Waals surface area contributed by atoms with Crippen LogP contribution in [-0.4, -0.2) is 29.5 Å². The van der Waals surface area contributed by atoms with Crippen LogP contribution in [0.1, 0.15) is 21.5 Å². The maximum absolute atomic E-state index is 12.2. The van der Waals surface area contributed by atoms with Crippen molar-refractivity contribution in [2.45, 2.75) is 13.1 Å². The van der Waals surface area contributed by atoms with E-state index in [2.05, 4.69) is 16.3 Å². The quantitative estimate of drug-likeness (QED) is 0.907. The van der Waals surface area contributed by atoms with E-state index in [1.54, 1.807) is 19.3 Å². The Hall–Kier alpha value is -2.40. The molecule has 0 spiro atoms. The Morgan fingerprint density at radius 3 is 2.45 bits per heavy atom. The highest BCUT2D eigenvalue weighted by Crippen LogP contribution is 2.10. The van der Waals surface area contributed by atoms with Crippen LogP contribution in [0.4, 0.5) is 0 Å². The minimum atomic E-state index is -0.185. The van der Waals surface area contributed by atoms with Gasteiger partial charge in [-0.25, -0.2) is 0 Å². The summed E-state index contributed by atoms with van der Waals surface area (Å²) in [7, 11) is 5.66. The first-order valence-electron chi connectivity index (χ1n) is 7.14. The highest BCUT2D eigenvalue weighted by Gasteiger charge is 2.08. The molecule has 22 heavy (non-hydrogen) atoms. The van der Waals surface area contributed by atoms with Crippen molar-refractivity contribution in [2.24, 2.45) is 7.05 Å². The fraction of sp³-hybridized carbons (Fsp3) is 0.294. The summed E-state index contributed by atoms with van der Waals surface area (Å²) in [6.45, 7) is 1.29. The fourth-order valence-electron chi connectivity index (χ4n) is 2.23. The molecule has 0 unspecified atom stereocenters. The van der Waals surface area contributed by atoms with E-state index in [-0.39, 0.29) is 11.5 Å². The van der Waals surface area contributed by atoms with Gasteiger partial charge < -0.3 is 14.8 Å². The number of hydrogen-bond acceptors (Lipinski definition) is 3. The summed E-state index contributed by atoms with van der Waals surface area (Å²) in [6, 6.07) is 11.0. The smallest absolute Gasteiger partial charge is 0.253 e. The zero-order chi connectivity index (χ0) is 16.1. The lowest BCUT2D eigenvalue weighted by Gasteiger charge is -2.14. The van der Waals surface area contributed by atoms with Crippen molar-refractivity contribution in [3.8, 4) is 0 Å². The minimum Gasteiger partial charge on any atom is -0.348 e. The van der Waals surface area contributed by atoms with Crippen LogP contribution in [0.25, 0.3) is 0 Å². The molecule has 1 amide bonds. The average Bonchev–Trinajstić information content (AvgIpc) is 2.48. The third-order valence-corrected chi connectivity index (χ3v) is 3.39. The molecule has 0 aliphatic heterocycles. The lowest BCUT2D eigenvalue weighted by Crippen LogP contribution is -2.26. The molecule has 2 aromatic rings. The van der Waals surface area contributed by atoms with Crippen LogP contribution >= 0.6 is 0 Å². The lowest BCUT2D eigenvalue weighted by molar-refractivity contribution is 0.0950. The molecule has 0 bridgehead atoms. The molecule has 1 aromatic carbocycles. The number of hydrogen-bond donors (Lipinski definition) is 1. The van der Waals surface area contributed by atoms with Gasteiger partial charge in [-0.15, -0.1) is 0 Å². The molecule has 116 valence electrons. The molecule has 0 saturated heterocycles. The molecular formula is C17H21N3O2. The summed E-state index contributed by atoms with van der Waals surface area (Å²) in [5, 5.41) is 2.90. The number of aryl methyl sites for hydroxylation is 1. The minimum absolute atomic E-state index is 0.132. The second-order valence-corrected chi connectivity index (χ2v) is 5.56. The molecular weight excluding hydrogens is 278 g/mol. The van der Waals surface area contributed by atoms with Crippen LogP contribution in [0, 0.1) is 0 Å². The number of carbonyl (C=O) groups excluding carboxylic acids is 1. The van der Waals surface area contributed by atoms with Gasteiger partial charge in [-0.3, -0.25) is 9.59 Å². The Kier molecular flexibility index (Phi) is 5.12. The zero-order valence-corrected chi connectivity index (χ0v) is 13.2. The number of carbonyl (C=O) groups is 1. The molecule has 0 atom stereocenters. The first-order chi connectivity index (χ1) is 10.5. The molecule has 5 heteroatoms. The van der Waals surface area contributed by atoms with E-state index < -0.39 is 0 Å². The van der Waals surface area contributed by atoms with Crippen LogP contribution in [0.15, 0.2) is 47.4 Å². The summed E-state index contributed by atoms with van der Waals surface area (Å²) in [5.41, 5.74) is 2.63. The monoisotopic (exact) mass is 299 g/mol. The molecule has 1 N–H and O–H groups in total. The molecule has 1 heterocycles. The van der Waals surface area contributed by atoms with E-state index in [0.717, 1.165) is 12.1 Å². The van der Waals surface area contributed by atoms with Gasteiger partial charge in [0.25, 0.3) is 5.91 Å². The first kappa shape index (κ1) is 16.0. The third kappa shape index (κ3) is 4.05. The van der Waals surface area contributed by atoms with Gasteiger partial charge in [0.2, 0.25) is 5.56 Å². The Bertz CT molecular complexity index is 720. The van der Waals surface area contributed by atoms with Crippen LogP contribution < -0.4 is 10.9 Å². The average molecular weight is 299 g/mol. The molecule has 0 aliphatic rings. The third-order valence-electron chi connectivity index (χ3n) is 3.39. The van der Waals surface area contributed by atoms with Crippen molar-refractivity contribution in [2.75, 3.05) is 14.1 Å². The SMILES string of the molecule is CN(C)Cc1ccccc1CNC(=O)c1ccc(=O)n(C)c1. The van der Waals surface area contributed by atoms with Gasteiger partial charge in [-0.1, -0.05) is 24.3 Å². The first-order valence-corrected chi connectivity index (χ1v) is 7.14. The molecule has 0 fully saturated rings. The van der Waals surface area contributed by atoms with Crippen LogP contribution in [0.2, 0.25) is 0 Å². The van der Waals surface area contributed by atoms with Gasteiger partial charge in [-0.2, -0.15) is 0 Å². The van der Waals surface area contributed by atoms with Gasteiger partial charge in [0.1, 0.15) is 0 Å². The Morgan fingerprint density at radius 2 is 1.82 bits per heavy atom. The Morgan fingerprint density at radius 1 is 1.14 bits per heavy atom. The second-order valence-electron chi connectivity index (χ2n) is 5.56. The van der Waals surface area contributed by atoms with E-state index >= 15 is 0 Å². The van der Waals surface area contributed by atoms with E-state index in [0.29, 0.717) is 12.1 Å². The van der Waals surface area contributed by atoms with Crippen molar-refractivity contribution in [3.05, 3.63) is 69.6 Å². The predicted octanol–water partition coefficient (Wildman–Crippen LogP) is 1.38. The van der Waals surface area contributed by atoms with E-state index in [1.165, 1.54) is 16.2 Å². The Balaban J connectivity index is 2.08. The maximum atomic E-state index is 12.2. The maximum Gasteiger partial charge on any atom is 0.253 e. The predicted molar refractivity (Wildman–Crippen MR) is 86.7 cm³/mol. The molecule has 0 radical (unpaired) electrons. The number of amides is 1. The number of benzene rings is 1. The summed E-state index contributed by atoms with van der Waals surface area (Å²) < 4.78 is 1.40. The van der Waals surface area contributed by atoms with Crippen LogP contribution in [-0.2, 0) is 20.1 Å². The number of aromatic nitrogens is 1. The number of nitrogens with one attached hydrogen (secondary N) is 1. The van der Waals surface area contributed by atoms with Crippen LogP contribution in [0.5, 0.6) is 0 Å². The second kappa shape index (κ2) is 7.04.